The number of nitrogens with one attached hydrogen (secondary N) is 1. The van der Waals surface area contributed by atoms with Crippen LogP contribution in [-0.2, 0) is 9.84 Å². The summed E-state index contributed by atoms with van der Waals surface area (Å²) in [6, 6.07) is 9.14. The van der Waals surface area contributed by atoms with Crippen molar-refractivity contribution < 1.29 is 17.6 Å². The maximum absolute atomic E-state index is 13.7. The van der Waals surface area contributed by atoms with E-state index in [0.29, 0.717) is 30.0 Å². The van der Waals surface area contributed by atoms with Crippen molar-refractivity contribution in [3.8, 4) is 0 Å². The molecule has 138 valence electrons. The lowest BCUT2D eigenvalue weighted by Gasteiger charge is -2.26. The number of pyridine rings is 1. The van der Waals surface area contributed by atoms with E-state index >= 15 is 0 Å². The minimum absolute atomic E-state index is 0.00688. The van der Waals surface area contributed by atoms with Gasteiger partial charge >= 0.3 is 0 Å². The van der Waals surface area contributed by atoms with Crippen molar-refractivity contribution in [2.45, 2.75) is 19.4 Å². The van der Waals surface area contributed by atoms with Crippen LogP contribution in [0.15, 0.2) is 42.6 Å². The van der Waals surface area contributed by atoms with Crippen LogP contribution in [0.3, 0.4) is 0 Å². The number of para-hydroxylation sites is 1. The summed E-state index contributed by atoms with van der Waals surface area (Å²) in [4.78, 5) is 18.4. The lowest BCUT2D eigenvalue weighted by Crippen LogP contribution is -2.41. The summed E-state index contributed by atoms with van der Waals surface area (Å²) < 4.78 is 37.0. The lowest BCUT2D eigenvalue weighted by molar-refractivity contribution is 0.0708. The van der Waals surface area contributed by atoms with Gasteiger partial charge in [0, 0.05) is 18.8 Å². The molecule has 0 aliphatic carbocycles. The quantitative estimate of drug-likeness (QED) is 0.866. The minimum atomic E-state index is -3.07. The number of hydrogen-bond donors (Lipinski definition) is 1. The number of anilines is 2. The molecule has 8 heteroatoms. The van der Waals surface area contributed by atoms with Crippen LogP contribution in [0.5, 0.6) is 0 Å². The molecule has 1 atom stereocenters. The van der Waals surface area contributed by atoms with E-state index in [0.717, 1.165) is 0 Å². The molecule has 1 N–H and O–H groups in total. The van der Waals surface area contributed by atoms with Crippen molar-refractivity contribution in [3.63, 3.8) is 0 Å². The summed E-state index contributed by atoms with van der Waals surface area (Å²) in [6.45, 7) is 2.25. The molecule has 1 amide bonds. The molecule has 0 saturated carbocycles. The van der Waals surface area contributed by atoms with Crippen LogP contribution in [0.1, 0.15) is 23.7 Å². The molecule has 0 radical (unpaired) electrons. The fourth-order valence-corrected chi connectivity index (χ4v) is 4.78. The molecule has 1 saturated heterocycles. The molecular weight excluding hydrogens is 357 g/mol. The minimum Gasteiger partial charge on any atom is -0.338 e. The van der Waals surface area contributed by atoms with Crippen LogP contribution in [0.25, 0.3) is 0 Å². The van der Waals surface area contributed by atoms with Crippen LogP contribution in [0.2, 0.25) is 0 Å². The molecule has 0 bridgehead atoms. The Morgan fingerprint density at radius 1 is 1.31 bits per heavy atom. The Hall–Kier alpha value is -2.48. The molecule has 3 rings (SSSR count). The van der Waals surface area contributed by atoms with Crippen molar-refractivity contribution >= 4 is 27.2 Å². The highest BCUT2D eigenvalue weighted by Crippen LogP contribution is 2.21. The number of carbonyl (C=O) groups excluding carboxylic acids is 1. The van der Waals surface area contributed by atoms with Crippen LogP contribution >= 0.6 is 0 Å². The lowest BCUT2D eigenvalue weighted by atomic mass is 10.1. The van der Waals surface area contributed by atoms with Gasteiger partial charge < -0.3 is 10.2 Å². The Labute approximate surface area is 152 Å². The standard InChI is InChI=1S/C18H20FN3O3S/c1-2-22(14-9-10-26(24,25)12-14)18(23)13-7-8-17(20-11-13)21-16-6-4-3-5-15(16)19/h3-8,11,14H,2,9-10,12H2,1H3,(H,20,21). The van der Waals surface area contributed by atoms with Gasteiger partial charge in [-0.1, -0.05) is 12.1 Å². The third-order valence-electron chi connectivity index (χ3n) is 4.40. The van der Waals surface area contributed by atoms with Gasteiger partial charge in [0.25, 0.3) is 5.91 Å². The van der Waals surface area contributed by atoms with Gasteiger partial charge in [-0.15, -0.1) is 0 Å². The van der Waals surface area contributed by atoms with Gasteiger partial charge in [0.15, 0.2) is 9.84 Å². The number of hydrogen-bond acceptors (Lipinski definition) is 5. The zero-order valence-electron chi connectivity index (χ0n) is 14.4. The van der Waals surface area contributed by atoms with E-state index in [1.807, 2.05) is 6.92 Å². The maximum atomic E-state index is 13.7. The van der Waals surface area contributed by atoms with Crippen LogP contribution in [0, 0.1) is 5.82 Å². The summed E-state index contributed by atoms with van der Waals surface area (Å²) in [5.41, 5.74) is 0.667. The Morgan fingerprint density at radius 2 is 2.08 bits per heavy atom. The first-order chi connectivity index (χ1) is 12.4. The number of nitrogens with zero attached hydrogens (tertiary/aromatic N) is 2. The smallest absolute Gasteiger partial charge is 0.255 e. The van der Waals surface area contributed by atoms with Gasteiger partial charge in [-0.3, -0.25) is 4.79 Å². The number of sulfone groups is 1. The summed E-state index contributed by atoms with van der Waals surface area (Å²) in [7, 11) is -3.07. The molecule has 1 aliphatic rings. The van der Waals surface area contributed by atoms with Gasteiger partial charge in [0.2, 0.25) is 0 Å². The van der Waals surface area contributed by atoms with E-state index in [4.69, 9.17) is 0 Å². The molecule has 1 aromatic heterocycles. The largest absolute Gasteiger partial charge is 0.338 e. The van der Waals surface area contributed by atoms with Crippen LogP contribution < -0.4 is 5.32 Å². The van der Waals surface area contributed by atoms with E-state index in [-0.39, 0.29) is 23.5 Å². The van der Waals surface area contributed by atoms with E-state index in [1.165, 1.54) is 12.3 Å². The zero-order valence-corrected chi connectivity index (χ0v) is 15.2. The number of rotatable bonds is 5. The number of halogens is 1. The third-order valence-corrected chi connectivity index (χ3v) is 6.15. The second-order valence-electron chi connectivity index (χ2n) is 6.18. The molecular formula is C18H20FN3O3S. The van der Waals surface area contributed by atoms with Crippen LogP contribution in [0.4, 0.5) is 15.9 Å². The summed E-state index contributed by atoms with van der Waals surface area (Å²) in [6.07, 6.45) is 1.87. The Bertz CT molecular complexity index is 900. The molecule has 6 nitrogen and oxygen atoms in total. The van der Waals surface area contributed by atoms with Crippen molar-refractivity contribution in [1.82, 2.24) is 9.88 Å². The van der Waals surface area contributed by atoms with Crippen molar-refractivity contribution in [2.75, 3.05) is 23.4 Å². The Kier molecular flexibility index (Phi) is 5.22. The average Bonchev–Trinajstić information content (AvgIpc) is 2.98. The first-order valence-electron chi connectivity index (χ1n) is 8.38. The van der Waals surface area contributed by atoms with Crippen molar-refractivity contribution in [3.05, 3.63) is 54.0 Å². The van der Waals surface area contributed by atoms with Gasteiger partial charge in [-0.25, -0.2) is 17.8 Å². The second kappa shape index (κ2) is 7.41. The number of aromatic nitrogens is 1. The topological polar surface area (TPSA) is 79.4 Å². The van der Waals surface area contributed by atoms with Gasteiger partial charge in [-0.2, -0.15) is 0 Å². The highest BCUT2D eigenvalue weighted by molar-refractivity contribution is 7.91. The summed E-state index contributed by atoms with van der Waals surface area (Å²) in [5, 5.41) is 2.86. The highest BCUT2D eigenvalue weighted by atomic mass is 32.2. The predicted molar refractivity (Wildman–Crippen MR) is 97.7 cm³/mol. The zero-order chi connectivity index (χ0) is 18.7. The maximum Gasteiger partial charge on any atom is 0.255 e. The van der Waals surface area contributed by atoms with E-state index < -0.39 is 15.7 Å². The van der Waals surface area contributed by atoms with E-state index in [1.54, 1.807) is 35.2 Å². The van der Waals surface area contributed by atoms with Gasteiger partial charge in [-0.05, 0) is 37.6 Å². The Balaban J connectivity index is 1.73. The molecule has 1 aromatic carbocycles. The fourth-order valence-electron chi connectivity index (χ4n) is 3.05. The molecule has 1 unspecified atom stereocenters. The van der Waals surface area contributed by atoms with Gasteiger partial charge in [0.05, 0.1) is 22.8 Å². The fraction of sp³-hybridized carbons (Fsp3) is 0.333. The summed E-state index contributed by atoms with van der Waals surface area (Å²) in [5.74, 6) is -0.107. The molecule has 2 heterocycles. The monoisotopic (exact) mass is 377 g/mol. The van der Waals surface area contributed by atoms with Crippen molar-refractivity contribution in [2.24, 2.45) is 0 Å². The molecule has 1 aliphatic heterocycles. The molecule has 26 heavy (non-hydrogen) atoms. The number of benzene rings is 1. The molecule has 2 aromatic rings. The first kappa shape index (κ1) is 18.3. The first-order valence-corrected chi connectivity index (χ1v) is 10.2. The second-order valence-corrected chi connectivity index (χ2v) is 8.41. The summed E-state index contributed by atoms with van der Waals surface area (Å²) >= 11 is 0. The highest BCUT2D eigenvalue weighted by Gasteiger charge is 2.34. The van der Waals surface area contributed by atoms with E-state index in [9.17, 15) is 17.6 Å². The van der Waals surface area contributed by atoms with E-state index in [2.05, 4.69) is 10.3 Å². The normalized spacial score (nSPS) is 18.5. The Morgan fingerprint density at radius 3 is 2.65 bits per heavy atom. The molecule has 0 spiro atoms. The number of amides is 1. The van der Waals surface area contributed by atoms with Crippen molar-refractivity contribution in [1.29, 1.82) is 0 Å². The number of carbonyl (C=O) groups is 1. The SMILES string of the molecule is CCN(C(=O)c1ccc(Nc2ccccc2F)nc1)C1CCS(=O)(=O)C1. The van der Waals surface area contributed by atoms with Gasteiger partial charge in [0.1, 0.15) is 11.6 Å². The van der Waals surface area contributed by atoms with Crippen LogP contribution in [-0.4, -0.2) is 48.3 Å². The molecule has 1 fully saturated rings. The average molecular weight is 377 g/mol. The third kappa shape index (κ3) is 4.01. The predicted octanol–water partition coefficient (Wildman–Crippen LogP) is 2.61.